The Hall–Kier alpha value is -1.35. The van der Waals surface area contributed by atoms with Crippen molar-refractivity contribution in [3.63, 3.8) is 0 Å². The normalized spacial score (nSPS) is 12.1. The molecule has 1 rings (SSSR count). The third-order valence-electron chi connectivity index (χ3n) is 2.07. The Balaban J connectivity index is 2.20. The van der Waals surface area contributed by atoms with E-state index in [4.69, 9.17) is 10.5 Å². The molecule has 1 atom stereocenters. The van der Waals surface area contributed by atoms with E-state index < -0.39 is 0 Å². The van der Waals surface area contributed by atoms with Gasteiger partial charge in [0.05, 0.1) is 6.61 Å². The smallest absolute Gasteiger partial charge is 0.123 e. The van der Waals surface area contributed by atoms with Gasteiger partial charge in [0.25, 0.3) is 0 Å². The summed E-state index contributed by atoms with van der Waals surface area (Å²) in [6.07, 6.45) is 3.44. The van der Waals surface area contributed by atoms with E-state index in [0.29, 0.717) is 12.4 Å². The molecule has 2 N–H and O–H groups in total. The topological polar surface area (TPSA) is 35.2 Å². The van der Waals surface area contributed by atoms with Gasteiger partial charge in [-0.3, -0.25) is 0 Å². The molecule has 0 aliphatic rings. The summed E-state index contributed by atoms with van der Waals surface area (Å²) in [5.41, 5.74) is 5.65. The van der Waals surface area contributed by atoms with E-state index in [2.05, 4.69) is 6.58 Å². The molecule has 0 saturated carbocycles. The van der Waals surface area contributed by atoms with Crippen molar-refractivity contribution in [1.82, 2.24) is 0 Å². The molecule has 1 aromatic rings. The Morgan fingerprint density at radius 2 is 2.07 bits per heavy atom. The van der Waals surface area contributed by atoms with Gasteiger partial charge in [0.15, 0.2) is 0 Å². The summed E-state index contributed by atoms with van der Waals surface area (Å²) in [6.45, 7) is 4.19. The van der Waals surface area contributed by atoms with E-state index in [1.807, 2.05) is 0 Å². The van der Waals surface area contributed by atoms with E-state index in [-0.39, 0.29) is 11.9 Å². The minimum absolute atomic E-state index is 0.0295. The number of ether oxygens (including phenoxy) is 1. The fourth-order valence-corrected chi connectivity index (χ4v) is 1.16. The van der Waals surface area contributed by atoms with E-state index >= 15 is 0 Å². The lowest BCUT2D eigenvalue weighted by Gasteiger charge is -2.07. The maximum absolute atomic E-state index is 12.5. The first kappa shape index (κ1) is 11.7. The van der Waals surface area contributed by atoms with Crippen molar-refractivity contribution in [2.75, 3.05) is 6.61 Å². The molecule has 0 amide bonds. The zero-order valence-electron chi connectivity index (χ0n) is 8.66. The fourth-order valence-electron chi connectivity index (χ4n) is 1.16. The summed E-state index contributed by atoms with van der Waals surface area (Å²) < 4.78 is 17.9. The zero-order valence-corrected chi connectivity index (χ0v) is 8.66. The second kappa shape index (κ2) is 6.19. The highest BCUT2D eigenvalue weighted by Gasteiger charge is 1.97. The predicted octanol–water partition coefficient (Wildman–Crippen LogP) is 2.50. The van der Waals surface area contributed by atoms with Crippen molar-refractivity contribution in [2.45, 2.75) is 18.9 Å². The van der Waals surface area contributed by atoms with Crippen LogP contribution in [-0.2, 0) is 0 Å². The molecule has 0 aliphatic heterocycles. The number of nitrogens with two attached hydrogens (primary N) is 1. The highest BCUT2D eigenvalue weighted by Crippen LogP contribution is 2.11. The molecular formula is C12H16FNO. The van der Waals surface area contributed by atoms with E-state index in [1.54, 1.807) is 18.2 Å². The lowest BCUT2D eigenvalue weighted by atomic mass is 10.2. The van der Waals surface area contributed by atoms with Crippen LogP contribution in [0.1, 0.15) is 12.8 Å². The van der Waals surface area contributed by atoms with Crippen molar-refractivity contribution < 1.29 is 9.13 Å². The number of halogens is 1. The van der Waals surface area contributed by atoms with Crippen LogP contribution in [0.3, 0.4) is 0 Å². The van der Waals surface area contributed by atoms with Gasteiger partial charge in [-0.2, -0.15) is 0 Å². The van der Waals surface area contributed by atoms with Crippen LogP contribution in [0.2, 0.25) is 0 Å². The molecule has 0 fully saturated rings. The van der Waals surface area contributed by atoms with Gasteiger partial charge in [-0.15, -0.1) is 6.58 Å². The van der Waals surface area contributed by atoms with Gasteiger partial charge >= 0.3 is 0 Å². The van der Waals surface area contributed by atoms with Crippen LogP contribution in [0, 0.1) is 5.82 Å². The minimum atomic E-state index is -0.254. The number of hydrogen-bond acceptors (Lipinski definition) is 2. The third kappa shape index (κ3) is 4.61. The minimum Gasteiger partial charge on any atom is -0.494 e. The molecular weight excluding hydrogens is 193 g/mol. The average molecular weight is 209 g/mol. The monoisotopic (exact) mass is 209 g/mol. The van der Waals surface area contributed by atoms with Crippen LogP contribution in [0.25, 0.3) is 0 Å². The lowest BCUT2D eigenvalue weighted by molar-refractivity contribution is 0.304. The molecule has 0 saturated heterocycles. The lowest BCUT2D eigenvalue weighted by Crippen LogP contribution is -2.17. The molecule has 82 valence electrons. The Morgan fingerprint density at radius 3 is 2.67 bits per heavy atom. The van der Waals surface area contributed by atoms with Gasteiger partial charge in [0.2, 0.25) is 0 Å². The summed E-state index contributed by atoms with van der Waals surface area (Å²) in [5, 5.41) is 0. The van der Waals surface area contributed by atoms with E-state index in [1.165, 1.54) is 12.1 Å². The molecule has 2 nitrogen and oxygen atoms in total. The first-order valence-electron chi connectivity index (χ1n) is 4.99. The zero-order chi connectivity index (χ0) is 11.1. The molecule has 1 unspecified atom stereocenters. The van der Waals surface area contributed by atoms with Crippen LogP contribution in [-0.4, -0.2) is 12.6 Å². The number of hydrogen-bond donors (Lipinski definition) is 1. The largest absolute Gasteiger partial charge is 0.494 e. The molecule has 0 radical (unpaired) electrons. The number of benzene rings is 1. The second-order valence-electron chi connectivity index (χ2n) is 3.34. The summed E-state index contributed by atoms with van der Waals surface area (Å²) >= 11 is 0. The van der Waals surface area contributed by atoms with Crippen LogP contribution >= 0.6 is 0 Å². The molecule has 0 aromatic heterocycles. The van der Waals surface area contributed by atoms with Gasteiger partial charge in [-0.25, -0.2) is 4.39 Å². The van der Waals surface area contributed by atoms with Crippen LogP contribution in [0.4, 0.5) is 4.39 Å². The maximum Gasteiger partial charge on any atom is 0.123 e. The average Bonchev–Trinajstić information content (AvgIpc) is 2.26. The van der Waals surface area contributed by atoms with Crippen molar-refractivity contribution in [1.29, 1.82) is 0 Å². The highest BCUT2D eigenvalue weighted by atomic mass is 19.1. The van der Waals surface area contributed by atoms with Gasteiger partial charge in [-0.1, -0.05) is 6.08 Å². The molecule has 1 aromatic carbocycles. The molecule has 0 bridgehead atoms. The summed E-state index contributed by atoms with van der Waals surface area (Å²) in [6, 6.07) is 6.02. The first-order chi connectivity index (χ1) is 7.22. The summed E-state index contributed by atoms with van der Waals surface area (Å²) in [4.78, 5) is 0. The van der Waals surface area contributed by atoms with Gasteiger partial charge in [0.1, 0.15) is 11.6 Å². The summed E-state index contributed by atoms with van der Waals surface area (Å²) in [5.74, 6) is 0.430. The van der Waals surface area contributed by atoms with Gasteiger partial charge < -0.3 is 10.5 Å². The SMILES string of the molecule is C=CC(N)CCCOc1ccc(F)cc1. The standard InChI is InChI=1S/C12H16FNO/c1-2-11(14)4-3-9-15-12-7-5-10(13)6-8-12/h2,5-8,11H,1,3-4,9,14H2. The molecule has 0 spiro atoms. The van der Waals surface area contributed by atoms with Crippen molar-refractivity contribution in [3.8, 4) is 5.75 Å². The highest BCUT2D eigenvalue weighted by molar-refractivity contribution is 5.21. The Morgan fingerprint density at radius 1 is 1.40 bits per heavy atom. The Labute approximate surface area is 89.6 Å². The van der Waals surface area contributed by atoms with E-state index in [9.17, 15) is 4.39 Å². The third-order valence-corrected chi connectivity index (χ3v) is 2.07. The Bertz CT molecular complexity index is 297. The van der Waals surface area contributed by atoms with Crippen LogP contribution in [0.15, 0.2) is 36.9 Å². The van der Waals surface area contributed by atoms with Crippen LogP contribution in [0.5, 0.6) is 5.75 Å². The van der Waals surface area contributed by atoms with Crippen molar-refractivity contribution >= 4 is 0 Å². The number of rotatable bonds is 6. The molecule has 15 heavy (non-hydrogen) atoms. The molecule has 3 heteroatoms. The quantitative estimate of drug-likeness (QED) is 0.577. The molecule has 0 aliphatic carbocycles. The predicted molar refractivity (Wildman–Crippen MR) is 59.3 cm³/mol. The van der Waals surface area contributed by atoms with Gasteiger partial charge in [0, 0.05) is 6.04 Å². The van der Waals surface area contributed by atoms with Gasteiger partial charge in [-0.05, 0) is 37.1 Å². The first-order valence-corrected chi connectivity index (χ1v) is 4.99. The maximum atomic E-state index is 12.5. The molecule has 0 heterocycles. The van der Waals surface area contributed by atoms with Crippen LogP contribution < -0.4 is 10.5 Å². The Kier molecular flexibility index (Phi) is 4.84. The second-order valence-corrected chi connectivity index (χ2v) is 3.34. The fraction of sp³-hybridized carbons (Fsp3) is 0.333. The van der Waals surface area contributed by atoms with E-state index in [0.717, 1.165) is 12.8 Å². The van der Waals surface area contributed by atoms with Crippen molar-refractivity contribution in [3.05, 3.63) is 42.7 Å². The summed E-state index contributed by atoms with van der Waals surface area (Å²) in [7, 11) is 0. The van der Waals surface area contributed by atoms with Crippen molar-refractivity contribution in [2.24, 2.45) is 5.73 Å².